The summed E-state index contributed by atoms with van der Waals surface area (Å²) >= 11 is 1.42. The van der Waals surface area contributed by atoms with Crippen LogP contribution in [0.4, 0.5) is 15.8 Å². The number of piperazine rings is 1. The Morgan fingerprint density at radius 3 is 2.53 bits per heavy atom. The molecule has 2 N–H and O–H groups in total. The number of nitrogens with zero attached hydrogens (tertiary/aromatic N) is 3. The molecule has 1 aliphatic carbocycles. The minimum absolute atomic E-state index is 0.00977. The van der Waals surface area contributed by atoms with Crippen molar-refractivity contribution in [2.45, 2.75) is 32.1 Å². The quantitative estimate of drug-likeness (QED) is 0.625. The van der Waals surface area contributed by atoms with Crippen molar-refractivity contribution >= 4 is 38.8 Å². The van der Waals surface area contributed by atoms with Crippen LogP contribution in [0.1, 0.15) is 40.2 Å². The van der Waals surface area contributed by atoms with Crippen LogP contribution in [0, 0.1) is 5.82 Å². The van der Waals surface area contributed by atoms with Crippen LogP contribution >= 0.6 is 11.3 Å². The third kappa shape index (κ3) is 3.51. The molecule has 1 amide bonds. The van der Waals surface area contributed by atoms with Gasteiger partial charge in [0, 0.05) is 42.9 Å². The van der Waals surface area contributed by atoms with E-state index in [0.29, 0.717) is 36.7 Å². The molecule has 0 spiro atoms. The van der Waals surface area contributed by atoms with Crippen molar-refractivity contribution < 1.29 is 9.18 Å². The Morgan fingerprint density at radius 1 is 1.03 bits per heavy atom. The van der Waals surface area contributed by atoms with Gasteiger partial charge in [0.15, 0.2) is 0 Å². The first-order valence-corrected chi connectivity index (χ1v) is 11.4. The summed E-state index contributed by atoms with van der Waals surface area (Å²) < 4.78 is 13.2. The number of thiophene rings is 1. The molecule has 0 radical (unpaired) electrons. The third-order valence-electron chi connectivity index (χ3n) is 6.20. The molecule has 156 valence electrons. The highest BCUT2D eigenvalue weighted by Crippen LogP contribution is 2.36. The molecule has 30 heavy (non-hydrogen) atoms. The Bertz CT molecular complexity index is 1090. The van der Waals surface area contributed by atoms with Crippen LogP contribution in [-0.4, -0.2) is 42.0 Å². The normalized spacial score (nSPS) is 17.1. The summed E-state index contributed by atoms with van der Waals surface area (Å²) in [5.41, 5.74) is 10.4. The van der Waals surface area contributed by atoms with E-state index in [1.165, 1.54) is 54.0 Å². The van der Waals surface area contributed by atoms with E-state index in [4.69, 9.17) is 10.7 Å². The average molecular weight is 425 g/mol. The van der Waals surface area contributed by atoms with Gasteiger partial charge < -0.3 is 15.5 Å². The first-order valence-electron chi connectivity index (χ1n) is 10.6. The topological polar surface area (TPSA) is 62.5 Å². The molecule has 1 aromatic carbocycles. The second-order valence-corrected chi connectivity index (χ2v) is 9.11. The van der Waals surface area contributed by atoms with E-state index in [-0.39, 0.29) is 11.7 Å². The second-order valence-electron chi connectivity index (χ2n) is 8.11. The molecule has 1 fully saturated rings. The van der Waals surface area contributed by atoms with Crippen molar-refractivity contribution in [1.29, 1.82) is 0 Å². The van der Waals surface area contributed by atoms with E-state index in [1.54, 1.807) is 12.1 Å². The number of carbonyl (C=O) groups excluding carboxylic acids is 1. The zero-order valence-corrected chi connectivity index (χ0v) is 17.7. The fraction of sp³-hybridized carbons (Fsp3) is 0.391. The summed E-state index contributed by atoms with van der Waals surface area (Å²) in [7, 11) is 0. The van der Waals surface area contributed by atoms with Crippen LogP contribution in [0.3, 0.4) is 0 Å². The number of nitrogen functional groups attached to an aromatic ring is 1. The monoisotopic (exact) mass is 424 g/mol. The van der Waals surface area contributed by atoms with Crippen LogP contribution < -0.4 is 10.6 Å². The molecular weight excluding hydrogens is 399 g/mol. The number of anilines is 2. The highest BCUT2D eigenvalue weighted by Gasteiger charge is 2.27. The first kappa shape index (κ1) is 19.3. The van der Waals surface area contributed by atoms with Gasteiger partial charge in [-0.05, 0) is 61.6 Å². The number of pyridine rings is 1. The summed E-state index contributed by atoms with van der Waals surface area (Å²) in [6, 6.07) is 8.68. The van der Waals surface area contributed by atoms with E-state index in [1.807, 2.05) is 4.90 Å². The van der Waals surface area contributed by atoms with Gasteiger partial charge in [-0.15, -0.1) is 11.3 Å². The summed E-state index contributed by atoms with van der Waals surface area (Å²) in [6.07, 6.45) is 5.66. The number of halogens is 1. The molecule has 0 unspecified atom stereocenters. The van der Waals surface area contributed by atoms with Gasteiger partial charge in [0.1, 0.15) is 15.5 Å². The van der Waals surface area contributed by atoms with Gasteiger partial charge in [0.05, 0.1) is 5.69 Å². The van der Waals surface area contributed by atoms with Crippen molar-refractivity contribution in [3.8, 4) is 0 Å². The Hall–Kier alpha value is -2.67. The van der Waals surface area contributed by atoms with Gasteiger partial charge in [-0.2, -0.15) is 0 Å². The number of aryl methyl sites for hydroxylation is 2. The van der Waals surface area contributed by atoms with Crippen molar-refractivity contribution in [2.24, 2.45) is 0 Å². The number of rotatable bonds is 2. The van der Waals surface area contributed by atoms with Gasteiger partial charge in [-0.3, -0.25) is 4.79 Å². The Balaban J connectivity index is 1.35. The van der Waals surface area contributed by atoms with Crippen molar-refractivity contribution in [2.75, 3.05) is 36.8 Å². The van der Waals surface area contributed by atoms with Gasteiger partial charge >= 0.3 is 0 Å². The predicted octanol–water partition coefficient (Wildman–Crippen LogP) is 4.25. The van der Waals surface area contributed by atoms with Crippen LogP contribution in [-0.2, 0) is 12.8 Å². The Labute approximate surface area is 179 Å². The maximum atomic E-state index is 13.2. The van der Waals surface area contributed by atoms with Crippen molar-refractivity contribution in [3.05, 3.63) is 52.3 Å². The lowest BCUT2D eigenvalue weighted by atomic mass is 10.1. The largest absolute Gasteiger partial charge is 0.397 e. The molecule has 3 heterocycles. The molecule has 7 heteroatoms. The van der Waals surface area contributed by atoms with E-state index in [2.05, 4.69) is 11.0 Å². The molecule has 2 aromatic heterocycles. The van der Waals surface area contributed by atoms with Crippen LogP contribution in [0.5, 0.6) is 0 Å². The highest BCUT2D eigenvalue weighted by atomic mass is 32.1. The Morgan fingerprint density at radius 2 is 1.77 bits per heavy atom. The standard InChI is InChI=1S/C23H25FN4OS/c24-16-6-8-17(9-7-16)27-10-12-28(13-11-27)23(29)21-20(25)18-14-15-4-2-1-3-5-19(15)26-22(18)30-21/h6-9,14H,1-5,10-13,25H2. The molecule has 0 bridgehead atoms. The molecule has 5 nitrogen and oxygen atoms in total. The van der Waals surface area contributed by atoms with E-state index in [9.17, 15) is 9.18 Å². The first-order chi connectivity index (χ1) is 14.6. The van der Waals surface area contributed by atoms with Crippen LogP contribution in [0.2, 0.25) is 0 Å². The summed E-state index contributed by atoms with van der Waals surface area (Å²) in [6.45, 7) is 2.67. The van der Waals surface area contributed by atoms with E-state index < -0.39 is 0 Å². The van der Waals surface area contributed by atoms with Gasteiger partial charge in [-0.1, -0.05) is 6.42 Å². The fourth-order valence-electron chi connectivity index (χ4n) is 4.46. The SMILES string of the molecule is Nc1c(C(=O)N2CCN(c3ccc(F)cc3)CC2)sc2nc3c(cc12)CCCCC3. The van der Waals surface area contributed by atoms with Crippen molar-refractivity contribution in [1.82, 2.24) is 9.88 Å². The molecule has 1 saturated heterocycles. The number of fused-ring (bicyclic) bond motifs is 2. The maximum absolute atomic E-state index is 13.2. The highest BCUT2D eigenvalue weighted by molar-refractivity contribution is 7.21. The molecule has 3 aromatic rings. The van der Waals surface area contributed by atoms with Gasteiger partial charge in [0.2, 0.25) is 0 Å². The Kier molecular flexibility index (Phi) is 5.06. The summed E-state index contributed by atoms with van der Waals surface area (Å²) in [5.74, 6) is -0.247. The average Bonchev–Trinajstić information content (AvgIpc) is 2.93. The van der Waals surface area contributed by atoms with Crippen molar-refractivity contribution in [3.63, 3.8) is 0 Å². The summed E-state index contributed by atoms with van der Waals surface area (Å²) in [5, 5.41) is 0.925. The summed E-state index contributed by atoms with van der Waals surface area (Å²) in [4.78, 5) is 23.6. The van der Waals surface area contributed by atoms with Crippen LogP contribution in [0.15, 0.2) is 30.3 Å². The number of aromatic nitrogens is 1. The lowest BCUT2D eigenvalue weighted by Crippen LogP contribution is -2.48. The van der Waals surface area contributed by atoms with Gasteiger partial charge in [0.25, 0.3) is 5.91 Å². The zero-order chi connectivity index (χ0) is 20.7. The number of amides is 1. The smallest absolute Gasteiger partial charge is 0.266 e. The zero-order valence-electron chi connectivity index (χ0n) is 16.9. The van der Waals surface area contributed by atoms with E-state index >= 15 is 0 Å². The molecule has 5 rings (SSSR count). The number of hydrogen-bond donors (Lipinski definition) is 1. The number of carbonyl (C=O) groups is 1. The molecule has 0 atom stereocenters. The molecule has 0 saturated carbocycles. The predicted molar refractivity (Wildman–Crippen MR) is 120 cm³/mol. The fourth-order valence-corrected chi connectivity index (χ4v) is 5.52. The number of nitrogens with two attached hydrogens (primary N) is 1. The maximum Gasteiger partial charge on any atom is 0.266 e. The number of hydrogen-bond acceptors (Lipinski definition) is 5. The van der Waals surface area contributed by atoms with Gasteiger partial charge in [-0.25, -0.2) is 9.37 Å². The molecular formula is C23H25FN4OS. The lowest BCUT2D eigenvalue weighted by Gasteiger charge is -2.36. The van der Waals surface area contributed by atoms with Crippen LogP contribution in [0.25, 0.3) is 10.2 Å². The number of benzene rings is 1. The minimum atomic E-state index is -0.237. The molecule has 2 aliphatic rings. The van der Waals surface area contributed by atoms with E-state index in [0.717, 1.165) is 28.7 Å². The minimum Gasteiger partial charge on any atom is -0.397 e. The molecule has 1 aliphatic heterocycles. The third-order valence-corrected chi connectivity index (χ3v) is 7.31. The second kappa shape index (κ2) is 7.87. The lowest BCUT2D eigenvalue weighted by molar-refractivity contribution is 0.0752.